The standard InChI is InChI=1S/C13H17N3O2/c1-7-5-10(6-8(2)11(7)17-4)12-15-13(9(3)14)18-16-12/h5-6,9H,14H2,1-4H3. The zero-order chi connectivity index (χ0) is 13.3. The van der Waals surface area contributed by atoms with Crippen LogP contribution in [0, 0.1) is 13.8 Å². The molecule has 2 N–H and O–H groups in total. The molecule has 1 unspecified atom stereocenters. The molecular weight excluding hydrogens is 230 g/mol. The van der Waals surface area contributed by atoms with E-state index in [1.165, 1.54) is 0 Å². The third kappa shape index (κ3) is 2.22. The van der Waals surface area contributed by atoms with E-state index in [1.807, 2.05) is 32.9 Å². The normalized spacial score (nSPS) is 12.5. The van der Waals surface area contributed by atoms with E-state index in [4.69, 9.17) is 15.0 Å². The Morgan fingerprint density at radius 3 is 2.33 bits per heavy atom. The van der Waals surface area contributed by atoms with Gasteiger partial charge in [0, 0.05) is 5.56 Å². The fourth-order valence-electron chi connectivity index (χ4n) is 1.94. The molecule has 1 heterocycles. The Hall–Kier alpha value is -1.88. The van der Waals surface area contributed by atoms with Crippen molar-refractivity contribution in [2.45, 2.75) is 26.8 Å². The number of aromatic nitrogens is 2. The minimum absolute atomic E-state index is 0.258. The Balaban J connectivity index is 2.44. The van der Waals surface area contributed by atoms with Crippen LogP contribution < -0.4 is 10.5 Å². The molecule has 0 saturated carbocycles. The highest BCUT2D eigenvalue weighted by Gasteiger charge is 2.14. The Bertz CT molecular complexity index is 538. The van der Waals surface area contributed by atoms with Gasteiger partial charge < -0.3 is 15.0 Å². The summed E-state index contributed by atoms with van der Waals surface area (Å²) in [5, 5.41) is 3.94. The van der Waals surface area contributed by atoms with E-state index in [2.05, 4.69) is 10.1 Å². The summed E-state index contributed by atoms with van der Waals surface area (Å²) in [7, 11) is 1.66. The highest BCUT2D eigenvalue weighted by molar-refractivity contribution is 5.60. The maximum atomic E-state index is 5.69. The quantitative estimate of drug-likeness (QED) is 0.901. The zero-order valence-corrected chi connectivity index (χ0v) is 11.0. The van der Waals surface area contributed by atoms with E-state index in [0.29, 0.717) is 11.7 Å². The van der Waals surface area contributed by atoms with Gasteiger partial charge in [-0.3, -0.25) is 0 Å². The molecule has 0 bridgehead atoms. The molecule has 0 aliphatic carbocycles. The van der Waals surface area contributed by atoms with Gasteiger partial charge in [-0.25, -0.2) is 0 Å². The second-order valence-electron chi connectivity index (χ2n) is 4.39. The molecule has 0 spiro atoms. The maximum Gasteiger partial charge on any atom is 0.243 e. The number of nitrogens with two attached hydrogens (primary N) is 1. The molecule has 0 aliphatic rings. The van der Waals surface area contributed by atoms with Gasteiger partial charge in [0.2, 0.25) is 11.7 Å². The second-order valence-corrected chi connectivity index (χ2v) is 4.39. The molecule has 2 rings (SSSR count). The molecule has 2 aromatic rings. The number of hydrogen-bond donors (Lipinski definition) is 1. The molecule has 0 amide bonds. The Morgan fingerprint density at radius 2 is 1.89 bits per heavy atom. The van der Waals surface area contributed by atoms with Crippen LogP contribution in [0.1, 0.15) is 30.0 Å². The monoisotopic (exact) mass is 247 g/mol. The lowest BCUT2D eigenvalue weighted by molar-refractivity contribution is 0.362. The van der Waals surface area contributed by atoms with Gasteiger partial charge in [-0.05, 0) is 44.0 Å². The third-order valence-electron chi connectivity index (χ3n) is 2.75. The highest BCUT2D eigenvalue weighted by atomic mass is 16.5. The third-order valence-corrected chi connectivity index (χ3v) is 2.75. The lowest BCUT2D eigenvalue weighted by Crippen LogP contribution is -2.04. The molecule has 96 valence electrons. The molecule has 1 aromatic carbocycles. The van der Waals surface area contributed by atoms with Crippen molar-refractivity contribution in [3.8, 4) is 17.1 Å². The average Bonchev–Trinajstić information content (AvgIpc) is 2.77. The van der Waals surface area contributed by atoms with Crippen LogP contribution in [0.25, 0.3) is 11.4 Å². The van der Waals surface area contributed by atoms with E-state index in [0.717, 1.165) is 22.4 Å². The minimum atomic E-state index is -0.258. The molecule has 5 nitrogen and oxygen atoms in total. The van der Waals surface area contributed by atoms with Gasteiger partial charge in [0.1, 0.15) is 5.75 Å². The van der Waals surface area contributed by atoms with Crippen LogP contribution in [-0.4, -0.2) is 17.3 Å². The molecule has 0 fully saturated rings. The first-order valence-corrected chi connectivity index (χ1v) is 5.77. The summed E-state index contributed by atoms with van der Waals surface area (Å²) in [5.74, 6) is 1.88. The predicted octanol–water partition coefficient (Wildman–Crippen LogP) is 2.38. The molecule has 0 radical (unpaired) electrons. The first-order chi connectivity index (χ1) is 8.52. The number of rotatable bonds is 3. The van der Waals surface area contributed by atoms with Crippen molar-refractivity contribution < 1.29 is 9.26 Å². The molecule has 5 heteroatoms. The molecular formula is C13H17N3O2. The fraction of sp³-hybridized carbons (Fsp3) is 0.385. The van der Waals surface area contributed by atoms with Crippen LogP contribution in [-0.2, 0) is 0 Å². The summed E-state index contributed by atoms with van der Waals surface area (Å²) >= 11 is 0. The SMILES string of the molecule is COc1c(C)cc(-c2noc(C(C)N)n2)cc1C. The Morgan fingerprint density at radius 1 is 1.28 bits per heavy atom. The summed E-state index contributed by atoms with van der Waals surface area (Å²) in [4.78, 5) is 4.27. The number of ether oxygens (including phenoxy) is 1. The van der Waals surface area contributed by atoms with Crippen LogP contribution in [0.15, 0.2) is 16.7 Å². The number of hydrogen-bond acceptors (Lipinski definition) is 5. The summed E-state index contributed by atoms with van der Waals surface area (Å²) in [5.41, 5.74) is 8.68. The van der Waals surface area contributed by atoms with Crippen molar-refractivity contribution in [2.75, 3.05) is 7.11 Å². The lowest BCUT2D eigenvalue weighted by atomic mass is 10.1. The van der Waals surface area contributed by atoms with E-state index in [1.54, 1.807) is 7.11 Å². The molecule has 1 aromatic heterocycles. The molecule has 18 heavy (non-hydrogen) atoms. The van der Waals surface area contributed by atoms with Gasteiger partial charge in [-0.1, -0.05) is 5.16 Å². The molecule has 1 atom stereocenters. The molecule has 0 saturated heterocycles. The summed E-state index contributed by atoms with van der Waals surface area (Å²) in [6.07, 6.45) is 0. The van der Waals surface area contributed by atoms with Crippen molar-refractivity contribution in [3.63, 3.8) is 0 Å². The van der Waals surface area contributed by atoms with E-state index in [-0.39, 0.29) is 6.04 Å². The van der Waals surface area contributed by atoms with E-state index >= 15 is 0 Å². The predicted molar refractivity (Wildman–Crippen MR) is 68.4 cm³/mol. The number of nitrogens with zero attached hydrogens (tertiary/aromatic N) is 2. The van der Waals surface area contributed by atoms with Gasteiger partial charge in [-0.2, -0.15) is 4.98 Å². The van der Waals surface area contributed by atoms with Crippen LogP contribution in [0.5, 0.6) is 5.75 Å². The van der Waals surface area contributed by atoms with Crippen LogP contribution >= 0.6 is 0 Å². The van der Waals surface area contributed by atoms with Gasteiger partial charge in [0.15, 0.2) is 0 Å². The lowest BCUT2D eigenvalue weighted by Gasteiger charge is -2.09. The largest absolute Gasteiger partial charge is 0.496 e. The zero-order valence-electron chi connectivity index (χ0n) is 11.0. The van der Waals surface area contributed by atoms with Gasteiger partial charge >= 0.3 is 0 Å². The topological polar surface area (TPSA) is 74.2 Å². The minimum Gasteiger partial charge on any atom is -0.496 e. The fourth-order valence-corrected chi connectivity index (χ4v) is 1.94. The molecule has 0 aliphatic heterocycles. The van der Waals surface area contributed by atoms with Crippen LogP contribution in [0.3, 0.4) is 0 Å². The van der Waals surface area contributed by atoms with Crippen molar-refractivity contribution in [2.24, 2.45) is 5.73 Å². The van der Waals surface area contributed by atoms with Gasteiger partial charge in [0.05, 0.1) is 13.2 Å². The van der Waals surface area contributed by atoms with Crippen molar-refractivity contribution in [1.82, 2.24) is 10.1 Å². The average molecular weight is 247 g/mol. The van der Waals surface area contributed by atoms with Crippen LogP contribution in [0.2, 0.25) is 0 Å². The van der Waals surface area contributed by atoms with Gasteiger partial charge in [0.25, 0.3) is 0 Å². The number of benzene rings is 1. The van der Waals surface area contributed by atoms with Crippen molar-refractivity contribution in [3.05, 3.63) is 29.2 Å². The van der Waals surface area contributed by atoms with E-state index in [9.17, 15) is 0 Å². The summed E-state index contributed by atoms with van der Waals surface area (Å²) in [6, 6.07) is 3.69. The summed E-state index contributed by atoms with van der Waals surface area (Å²) < 4.78 is 10.4. The highest BCUT2D eigenvalue weighted by Crippen LogP contribution is 2.28. The Labute approximate surface area is 106 Å². The first kappa shape index (κ1) is 12.6. The van der Waals surface area contributed by atoms with Gasteiger partial charge in [-0.15, -0.1) is 0 Å². The smallest absolute Gasteiger partial charge is 0.243 e. The summed E-state index contributed by atoms with van der Waals surface area (Å²) in [6.45, 7) is 5.78. The second kappa shape index (κ2) is 4.78. The Kier molecular flexibility index (Phi) is 3.34. The number of methoxy groups -OCH3 is 1. The maximum absolute atomic E-state index is 5.69. The van der Waals surface area contributed by atoms with Crippen molar-refractivity contribution in [1.29, 1.82) is 0 Å². The first-order valence-electron chi connectivity index (χ1n) is 5.77. The van der Waals surface area contributed by atoms with Crippen LogP contribution in [0.4, 0.5) is 0 Å². The number of aryl methyl sites for hydroxylation is 2. The van der Waals surface area contributed by atoms with Crippen molar-refractivity contribution >= 4 is 0 Å². The van der Waals surface area contributed by atoms with E-state index < -0.39 is 0 Å².